The quantitative estimate of drug-likeness (QED) is 0.646. The molecule has 19 heavy (non-hydrogen) atoms. The molecule has 0 aliphatic carbocycles. The minimum Gasteiger partial charge on any atom is -0.478 e. The number of amides is 1. The van der Waals surface area contributed by atoms with Crippen LogP contribution in [0.15, 0.2) is 12.1 Å². The highest BCUT2D eigenvalue weighted by Crippen LogP contribution is 2.12. The van der Waals surface area contributed by atoms with Crippen LogP contribution in [-0.2, 0) is 11.2 Å². The van der Waals surface area contributed by atoms with Crippen molar-refractivity contribution >= 4 is 17.7 Å². The number of rotatable bonds is 7. The van der Waals surface area contributed by atoms with Crippen LogP contribution in [0.2, 0.25) is 0 Å². The predicted molar refractivity (Wildman–Crippen MR) is 72.4 cm³/mol. The standard InChI is InChI=1S/C13H19N3O3/c1-3-4-11-7-10(13(18)19)8-12(16-11)15-6-5-14-9(2)17/h7-8H,3-6H2,1-2H3,(H,14,17)(H,15,16)(H,18,19). The SMILES string of the molecule is CCCc1cc(C(=O)O)cc(NCCNC(C)=O)n1. The number of nitrogens with one attached hydrogen (secondary N) is 2. The molecule has 0 saturated heterocycles. The molecule has 0 aromatic carbocycles. The van der Waals surface area contributed by atoms with Crippen LogP contribution in [0.5, 0.6) is 0 Å². The lowest BCUT2D eigenvalue weighted by Crippen LogP contribution is -2.26. The van der Waals surface area contributed by atoms with Crippen molar-refractivity contribution in [2.24, 2.45) is 0 Å². The molecule has 1 heterocycles. The van der Waals surface area contributed by atoms with Crippen LogP contribution in [0.1, 0.15) is 36.3 Å². The Morgan fingerprint density at radius 1 is 1.32 bits per heavy atom. The van der Waals surface area contributed by atoms with E-state index in [0.717, 1.165) is 18.5 Å². The summed E-state index contributed by atoms with van der Waals surface area (Å²) in [6.07, 6.45) is 1.64. The topological polar surface area (TPSA) is 91.3 Å². The fraction of sp³-hybridized carbons (Fsp3) is 0.462. The third kappa shape index (κ3) is 5.37. The average Bonchev–Trinajstić information content (AvgIpc) is 2.34. The highest BCUT2D eigenvalue weighted by molar-refractivity contribution is 5.88. The maximum Gasteiger partial charge on any atom is 0.335 e. The second-order valence-corrected chi connectivity index (χ2v) is 4.20. The van der Waals surface area contributed by atoms with Crippen LogP contribution in [0.25, 0.3) is 0 Å². The third-order valence-electron chi connectivity index (χ3n) is 2.44. The Balaban J connectivity index is 2.70. The average molecular weight is 265 g/mol. The van der Waals surface area contributed by atoms with E-state index in [1.807, 2.05) is 6.92 Å². The molecule has 3 N–H and O–H groups in total. The van der Waals surface area contributed by atoms with Crippen LogP contribution >= 0.6 is 0 Å². The van der Waals surface area contributed by atoms with Crippen LogP contribution in [-0.4, -0.2) is 35.1 Å². The fourth-order valence-electron chi connectivity index (χ4n) is 1.62. The lowest BCUT2D eigenvalue weighted by Gasteiger charge is -2.09. The Morgan fingerprint density at radius 2 is 2.05 bits per heavy atom. The number of carbonyl (C=O) groups excluding carboxylic acids is 1. The fourth-order valence-corrected chi connectivity index (χ4v) is 1.62. The van der Waals surface area contributed by atoms with E-state index in [1.54, 1.807) is 6.07 Å². The van der Waals surface area contributed by atoms with E-state index in [9.17, 15) is 9.59 Å². The number of nitrogens with zero attached hydrogens (tertiary/aromatic N) is 1. The van der Waals surface area contributed by atoms with Gasteiger partial charge in [0.15, 0.2) is 0 Å². The Labute approximate surface area is 112 Å². The second-order valence-electron chi connectivity index (χ2n) is 4.20. The van der Waals surface area contributed by atoms with E-state index in [0.29, 0.717) is 18.9 Å². The van der Waals surface area contributed by atoms with Gasteiger partial charge >= 0.3 is 5.97 Å². The number of aryl methyl sites for hydroxylation is 1. The molecule has 0 saturated carbocycles. The highest BCUT2D eigenvalue weighted by atomic mass is 16.4. The van der Waals surface area contributed by atoms with Gasteiger partial charge < -0.3 is 15.7 Å². The summed E-state index contributed by atoms with van der Waals surface area (Å²) in [6.45, 7) is 4.43. The molecule has 0 fully saturated rings. The van der Waals surface area contributed by atoms with E-state index < -0.39 is 5.97 Å². The lowest BCUT2D eigenvalue weighted by atomic mass is 10.1. The van der Waals surface area contributed by atoms with Gasteiger partial charge in [0.25, 0.3) is 0 Å². The van der Waals surface area contributed by atoms with Gasteiger partial charge in [-0.25, -0.2) is 9.78 Å². The lowest BCUT2D eigenvalue weighted by molar-refractivity contribution is -0.118. The predicted octanol–water partition coefficient (Wildman–Crippen LogP) is 1.28. The van der Waals surface area contributed by atoms with Gasteiger partial charge in [0.2, 0.25) is 5.91 Å². The smallest absolute Gasteiger partial charge is 0.335 e. The summed E-state index contributed by atoms with van der Waals surface area (Å²) in [5, 5.41) is 14.7. The zero-order chi connectivity index (χ0) is 14.3. The van der Waals surface area contributed by atoms with Gasteiger partial charge in [0.05, 0.1) is 5.56 Å². The number of hydrogen-bond acceptors (Lipinski definition) is 4. The molecule has 6 heteroatoms. The molecular formula is C13H19N3O3. The first kappa shape index (κ1) is 14.9. The molecule has 1 aromatic heterocycles. The molecule has 6 nitrogen and oxygen atoms in total. The molecule has 0 radical (unpaired) electrons. The molecule has 1 rings (SSSR count). The first-order valence-corrected chi connectivity index (χ1v) is 6.25. The molecule has 0 bridgehead atoms. The van der Waals surface area contributed by atoms with Crippen LogP contribution in [0.3, 0.4) is 0 Å². The van der Waals surface area contributed by atoms with Gasteiger partial charge in [-0.1, -0.05) is 13.3 Å². The maximum atomic E-state index is 11.0. The molecule has 0 atom stereocenters. The number of carboxylic acid groups (broad SMARTS) is 1. The van der Waals surface area contributed by atoms with Crippen molar-refractivity contribution in [3.63, 3.8) is 0 Å². The van der Waals surface area contributed by atoms with Crippen molar-refractivity contribution in [1.82, 2.24) is 10.3 Å². The molecule has 0 unspecified atom stereocenters. The molecule has 0 spiro atoms. The third-order valence-corrected chi connectivity index (χ3v) is 2.44. The van der Waals surface area contributed by atoms with Crippen molar-refractivity contribution in [1.29, 1.82) is 0 Å². The molecule has 0 aliphatic heterocycles. The number of carbonyl (C=O) groups is 2. The molecule has 1 amide bonds. The minimum absolute atomic E-state index is 0.0966. The molecular weight excluding hydrogens is 246 g/mol. The van der Waals surface area contributed by atoms with Crippen molar-refractivity contribution in [2.45, 2.75) is 26.7 Å². The van der Waals surface area contributed by atoms with Gasteiger partial charge in [-0.2, -0.15) is 0 Å². The zero-order valence-corrected chi connectivity index (χ0v) is 11.2. The Bertz CT molecular complexity index is 460. The summed E-state index contributed by atoms with van der Waals surface area (Å²) in [7, 11) is 0. The van der Waals surface area contributed by atoms with Crippen LogP contribution in [0, 0.1) is 0 Å². The van der Waals surface area contributed by atoms with Gasteiger partial charge in [0, 0.05) is 25.7 Å². The number of aromatic nitrogens is 1. The van der Waals surface area contributed by atoms with Crippen molar-refractivity contribution in [3.05, 3.63) is 23.4 Å². The minimum atomic E-state index is -0.968. The first-order chi connectivity index (χ1) is 9.02. The second kappa shape index (κ2) is 7.35. The van der Waals surface area contributed by atoms with Crippen LogP contribution < -0.4 is 10.6 Å². The van der Waals surface area contributed by atoms with E-state index in [1.165, 1.54) is 13.0 Å². The number of hydrogen-bond donors (Lipinski definition) is 3. The molecule has 0 aliphatic rings. The number of anilines is 1. The molecule has 104 valence electrons. The zero-order valence-electron chi connectivity index (χ0n) is 11.2. The largest absolute Gasteiger partial charge is 0.478 e. The van der Waals surface area contributed by atoms with E-state index in [4.69, 9.17) is 5.11 Å². The van der Waals surface area contributed by atoms with Crippen LogP contribution in [0.4, 0.5) is 5.82 Å². The van der Waals surface area contributed by atoms with E-state index in [2.05, 4.69) is 15.6 Å². The summed E-state index contributed by atoms with van der Waals surface area (Å²) in [5.41, 5.74) is 0.977. The Kier molecular flexibility index (Phi) is 5.78. The molecule has 1 aromatic rings. The Morgan fingerprint density at radius 3 is 2.63 bits per heavy atom. The van der Waals surface area contributed by atoms with Gasteiger partial charge in [-0.3, -0.25) is 4.79 Å². The van der Waals surface area contributed by atoms with E-state index >= 15 is 0 Å². The van der Waals surface area contributed by atoms with Gasteiger partial charge in [0.1, 0.15) is 5.82 Å². The van der Waals surface area contributed by atoms with Crippen molar-refractivity contribution < 1.29 is 14.7 Å². The summed E-state index contributed by atoms with van der Waals surface area (Å²) < 4.78 is 0. The summed E-state index contributed by atoms with van der Waals surface area (Å²) in [4.78, 5) is 26.1. The maximum absolute atomic E-state index is 11.0. The summed E-state index contributed by atoms with van der Waals surface area (Å²) in [5.74, 6) is -0.543. The van der Waals surface area contributed by atoms with Crippen molar-refractivity contribution in [2.75, 3.05) is 18.4 Å². The Hall–Kier alpha value is -2.11. The van der Waals surface area contributed by atoms with Gasteiger partial charge in [-0.05, 0) is 18.6 Å². The number of pyridine rings is 1. The highest BCUT2D eigenvalue weighted by Gasteiger charge is 2.08. The summed E-state index contributed by atoms with van der Waals surface area (Å²) >= 11 is 0. The van der Waals surface area contributed by atoms with Crippen molar-refractivity contribution in [3.8, 4) is 0 Å². The number of aromatic carboxylic acids is 1. The van der Waals surface area contributed by atoms with Gasteiger partial charge in [-0.15, -0.1) is 0 Å². The monoisotopic (exact) mass is 265 g/mol. The first-order valence-electron chi connectivity index (χ1n) is 6.25. The summed E-state index contributed by atoms with van der Waals surface area (Å²) in [6, 6.07) is 3.08. The number of carboxylic acids is 1. The normalized spacial score (nSPS) is 10.0. The van der Waals surface area contributed by atoms with E-state index in [-0.39, 0.29) is 11.5 Å².